The molecule has 0 N–H and O–H groups in total. The van der Waals surface area contributed by atoms with Crippen LogP contribution in [-0.4, -0.2) is 16.0 Å². The minimum Gasteiger partial charge on any atom is -0.299 e. The lowest BCUT2D eigenvalue weighted by atomic mass is 10.0. The van der Waals surface area contributed by atoms with Gasteiger partial charge in [-0.1, -0.05) is 24.3 Å². The van der Waals surface area contributed by atoms with Crippen molar-refractivity contribution in [2.24, 2.45) is 4.99 Å². The van der Waals surface area contributed by atoms with Crippen LogP contribution in [0.15, 0.2) is 29.3 Å². The van der Waals surface area contributed by atoms with Crippen molar-refractivity contribution < 1.29 is 0 Å². The Morgan fingerprint density at radius 2 is 2.13 bits per heavy atom. The third-order valence-corrected chi connectivity index (χ3v) is 3.63. The van der Waals surface area contributed by atoms with Gasteiger partial charge in [0.25, 0.3) is 0 Å². The van der Waals surface area contributed by atoms with Gasteiger partial charge in [0.15, 0.2) is 0 Å². The second-order valence-corrected chi connectivity index (χ2v) is 4.37. The largest absolute Gasteiger partial charge is 0.299 e. The van der Waals surface area contributed by atoms with Crippen molar-refractivity contribution in [2.45, 2.75) is 13.0 Å². The van der Waals surface area contributed by atoms with Gasteiger partial charge in [0.05, 0.1) is 6.54 Å². The monoisotopic (exact) mass is 217 g/mol. The van der Waals surface area contributed by atoms with Crippen LogP contribution < -0.4 is 4.80 Å². The van der Waals surface area contributed by atoms with Crippen LogP contribution >= 0.6 is 11.5 Å². The van der Waals surface area contributed by atoms with Crippen LogP contribution in [0.25, 0.3) is 0 Å². The summed E-state index contributed by atoms with van der Waals surface area (Å²) in [7, 11) is 1.82. The molecule has 15 heavy (non-hydrogen) atoms. The molecule has 3 rings (SSSR count). The minimum absolute atomic E-state index is 0.911. The van der Waals surface area contributed by atoms with Gasteiger partial charge >= 0.3 is 0 Å². The fourth-order valence-corrected chi connectivity index (χ4v) is 2.68. The van der Waals surface area contributed by atoms with E-state index in [4.69, 9.17) is 0 Å². The second-order valence-electron chi connectivity index (χ2n) is 3.64. The van der Waals surface area contributed by atoms with Crippen LogP contribution in [0.5, 0.6) is 0 Å². The van der Waals surface area contributed by atoms with Crippen molar-refractivity contribution >= 4 is 11.5 Å². The van der Waals surface area contributed by atoms with Crippen LogP contribution in [0.2, 0.25) is 0 Å². The molecule has 2 aromatic rings. The highest BCUT2D eigenvalue weighted by Gasteiger charge is 2.16. The maximum absolute atomic E-state index is 4.44. The maximum Gasteiger partial charge on any atom is 0.204 e. The van der Waals surface area contributed by atoms with Crippen LogP contribution in [0.1, 0.15) is 17.0 Å². The SMILES string of the molecule is CN=c1snc2n1Cc1ccccc1C2. The van der Waals surface area contributed by atoms with Crippen molar-refractivity contribution in [3.8, 4) is 0 Å². The molecule has 0 saturated heterocycles. The van der Waals surface area contributed by atoms with E-state index in [1.807, 2.05) is 7.05 Å². The van der Waals surface area contributed by atoms with Crippen molar-refractivity contribution in [1.29, 1.82) is 0 Å². The lowest BCUT2D eigenvalue weighted by molar-refractivity contribution is 0.673. The van der Waals surface area contributed by atoms with Crippen molar-refractivity contribution in [1.82, 2.24) is 8.94 Å². The average molecular weight is 217 g/mol. The minimum atomic E-state index is 0.911. The molecule has 4 heteroatoms. The molecule has 0 spiro atoms. The zero-order chi connectivity index (χ0) is 10.3. The van der Waals surface area contributed by atoms with Gasteiger partial charge in [-0.2, -0.15) is 4.37 Å². The predicted octanol–water partition coefficient (Wildman–Crippen LogP) is 1.43. The molecule has 0 fully saturated rings. The Labute approximate surface area is 91.9 Å². The van der Waals surface area contributed by atoms with E-state index in [-0.39, 0.29) is 0 Å². The summed E-state index contributed by atoms with van der Waals surface area (Å²) in [5.74, 6) is 1.14. The van der Waals surface area contributed by atoms with Gasteiger partial charge in [-0.05, 0) is 11.1 Å². The average Bonchev–Trinajstić information content (AvgIpc) is 2.68. The first-order valence-electron chi connectivity index (χ1n) is 4.93. The normalized spacial score (nSPS) is 14.9. The number of fused-ring (bicyclic) bond motifs is 2. The van der Waals surface area contributed by atoms with Gasteiger partial charge in [0, 0.05) is 25.0 Å². The first-order valence-corrected chi connectivity index (χ1v) is 5.71. The molecule has 0 aliphatic carbocycles. The van der Waals surface area contributed by atoms with E-state index in [1.165, 1.54) is 22.7 Å². The fourth-order valence-electron chi connectivity index (χ4n) is 1.98. The zero-order valence-corrected chi connectivity index (χ0v) is 9.29. The first-order chi connectivity index (χ1) is 7.38. The molecule has 2 heterocycles. The van der Waals surface area contributed by atoms with E-state index in [1.54, 1.807) is 0 Å². The number of aromatic nitrogens is 2. The third-order valence-electron chi connectivity index (χ3n) is 2.76. The summed E-state index contributed by atoms with van der Waals surface area (Å²) in [5.41, 5.74) is 2.78. The Hall–Kier alpha value is -1.42. The van der Waals surface area contributed by atoms with Gasteiger partial charge in [-0.15, -0.1) is 0 Å². The molecule has 1 aromatic carbocycles. The summed E-state index contributed by atoms with van der Waals surface area (Å²) >= 11 is 1.48. The van der Waals surface area contributed by atoms with Gasteiger partial charge in [-0.3, -0.25) is 9.56 Å². The molecule has 0 bridgehead atoms. The Bertz CT molecular complexity index is 565. The topological polar surface area (TPSA) is 30.2 Å². The van der Waals surface area contributed by atoms with Crippen LogP contribution in [0.4, 0.5) is 0 Å². The highest BCUT2D eigenvalue weighted by Crippen LogP contribution is 2.19. The number of hydrogen-bond acceptors (Lipinski definition) is 3. The van der Waals surface area contributed by atoms with Gasteiger partial charge in [-0.25, -0.2) is 0 Å². The lowest BCUT2D eigenvalue weighted by Crippen LogP contribution is -2.23. The molecule has 1 aromatic heterocycles. The molecule has 3 nitrogen and oxygen atoms in total. The molecular formula is C11H11N3S. The van der Waals surface area contributed by atoms with Crippen LogP contribution in [-0.2, 0) is 13.0 Å². The summed E-state index contributed by atoms with van der Waals surface area (Å²) < 4.78 is 6.64. The number of rotatable bonds is 0. The van der Waals surface area contributed by atoms with Gasteiger partial charge in [0.2, 0.25) is 4.80 Å². The van der Waals surface area contributed by atoms with E-state index in [9.17, 15) is 0 Å². The highest BCUT2D eigenvalue weighted by molar-refractivity contribution is 7.02. The van der Waals surface area contributed by atoms with Crippen LogP contribution in [0.3, 0.4) is 0 Å². The quantitative estimate of drug-likeness (QED) is 0.560. The Morgan fingerprint density at radius 1 is 1.33 bits per heavy atom. The molecule has 1 aliphatic heterocycles. The predicted molar refractivity (Wildman–Crippen MR) is 59.9 cm³/mol. The van der Waals surface area contributed by atoms with E-state index in [0.29, 0.717) is 0 Å². The van der Waals surface area contributed by atoms with Gasteiger partial charge in [0.1, 0.15) is 5.82 Å². The fraction of sp³-hybridized carbons (Fsp3) is 0.273. The second kappa shape index (κ2) is 3.31. The summed E-state index contributed by atoms with van der Waals surface area (Å²) in [4.78, 5) is 5.25. The summed E-state index contributed by atoms with van der Waals surface area (Å²) in [5, 5.41) is 0. The maximum atomic E-state index is 4.44. The molecule has 0 unspecified atom stereocenters. The molecule has 0 amide bonds. The first kappa shape index (κ1) is 8.85. The molecule has 1 aliphatic rings. The zero-order valence-electron chi connectivity index (χ0n) is 8.47. The summed E-state index contributed by atoms with van der Waals surface area (Å²) in [6.07, 6.45) is 0.933. The molecule has 0 atom stereocenters. The number of hydrogen-bond donors (Lipinski definition) is 0. The smallest absolute Gasteiger partial charge is 0.204 e. The van der Waals surface area contributed by atoms with Crippen molar-refractivity contribution in [2.75, 3.05) is 7.05 Å². The standard InChI is InChI=1S/C11H11N3S/c1-12-11-14-7-9-5-3-2-4-8(9)6-10(14)13-15-11/h2-5H,6-7H2,1H3. The van der Waals surface area contributed by atoms with Gasteiger partial charge < -0.3 is 0 Å². The van der Waals surface area contributed by atoms with E-state index in [0.717, 1.165) is 23.6 Å². The number of benzene rings is 1. The Kier molecular flexibility index (Phi) is 1.95. The van der Waals surface area contributed by atoms with E-state index < -0.39 is 0 Å². The molecule has 0 radical (unpaired) electrons. The van der Waals surface area contributed by atoms with E-state index in [2.05, 4.69) is 38.2 Å². The Morgan fingerprint density at radius 3 is 2.93 bits per heavy atom. The Balaban J connectivity index is 2.17. The van der Waals surface area contributed by atoms with Crippen molar-refractivity contribution in [3.63, 3.8) is 0 Å². The van der Waals surface area contributed by atoms with Crippen LogP contribution in [0, 0.1) is 0 Å². The summed E-state index contributed by atoms with van der Waals surface area (Å²) in [6, 6.07) is 8.54. The molecular weight excluding hydrogens is 206 g/mol. The summed E-state index contributed by atoms with van der Waals surface area (Å²) in [6.45, 7) is 0.911. The third kappa shape index (κ3) is 1.33. The number of nitrogens with zero attached hydrogens (tertiary/aromatic N) is 3. The van der Waals surface area contributed by atoms with Crippen molar-refractivity contribution in [3.05, 3.63) is 46.0 Å². The molecule has 0 saturated carbocycles. The molecule has 76 valence electrons. The highest BCUT2D eigenvalue weighted by atomic mass is 32.1. The lowest BCUT2D eigenvalue weighted by Gasteiger charge is -2.17. The van der Waals surface area contributed by atoms with E-state index >= 15 is 0 Å².